The van der Waals surface area contributed by atoms with E-state index in [1.54, 1.807) is 26.0 Å². The molecule has 0 heterocycles. The summed E-state index contributed by atoms with van der Waals surface area (Å²) in [6, 6.07) is 6.92. The number of halogens is 1. The topological polar surface area (TPSA) is 49.3 Å². The molecular weight excluding hydrogens is 257 g/mol. The van der Waals surface area contributed by atoms with E-state index in [0.717, 1.165) is 18.4 Å². The molecule has 0 radical (unpaired) electrons. The number of rotatable bonds is 8. The Morgan fingerprint density at radius 3 is 2.75 bits per heavy atom. The first-order chi connectivity index (χ1) is 9.31. The molecule has 20 heavy (non-hydrogen) atoms. The molecule has 0 aliphatic heterocycles. The number of hydrogen-bond acceptors (Lipinski definition) is 2. The summed E-state index contributed by atoms with van der Waals surface area (Å²) >= 11 is 0. The van der Waals surface area contributed by atoms with Crippen LogP contribution >= 0.6 is 0 Å². The van der Waals surface area contributed by atoms with Crippen molar-refractivity contribution in [2.45, 2.75) is 46.1 Å². The summed E-state index contributed by atoms with van der Waals surface area (Å²) in [6.07, 6.45) is 2.30. The molecule has 1 aromatic rings. The highest BCUT2D eigenvalue weighted by molar-refractivity contribution is 5.73. The van der Waals surface area contributed by atoms with Gasteiger partial charge in [-0.3, -0.25) is 4.79 Å². The van der Waals surface area contributed by atoms with E-state index in [1.807, 2.05) is 6.07 Å². The van der Waals surface area contributed by atoms with Crippen LogP contribution in [-0.2, 0) is 11.2 Å². The van der Waals surface area contributed by atoms with E-state index >= 15 is 0 Å². The minimum Gasteiger partial charge on any atom is -0.481 e. The predicted octanol–water partition coefficient (Wildman–Crippen LogP) is 3.24. The van der Waals surface area contributed by atoms with Crippen molar-refractivity contribution in [3.05, 3.63) is 35.6 Å². The molecule has 0 fully saturated rings. The number of hydrogen-bond donors (Lipinski definition) is 2. The Hall–Kier alpha value is -1.42. The van der Waals surface area contributed by atoms with Gasteiger partial charge in [0.25, 0.3) is 0 Å². The zero-order valence-corrected chi connectivity index (χ0v) is 12.4. The van der Waals surface area contributed by atoms with Crippen LogP contribution < -0.4 is 5.32 Å². The Bertz CT molecular complexity index is 446. The second-order valence-corrected chi connectivity index (χ2v) is 5.96. The molecule has 4 heteroatoms. The van der Waals surface area contributed by atoms with Gasteiger partial charge in [0, 0.05) is 6.04 Å². The van der Waals surface area contributed by atoms with Gasteiger partial charge in [0.1, 0.15) is 5.82 Å². The van der Waals surface area contributed by atoms with Gasteiger partial charge in [-0.1, -0.05) is 12.1 Å². The molecular formula is C16H24FNO2. The van der Waals surface area contributed by atoms with Crippen LogP contribution in [0.5, 0.6) is 0 Å². The van der Waals surface area contributed by atoms with Crippen LogP contribution in [-0.4, -0.2) is 23.7 Å². The highest BCUT2D eigenvalue weighted by Gasteiger charge is 2.26. The number of carbonyl (C=O) groups is 1. The Kier molecular flexibility index (Phi) is 6.14. The minimum absolute atomic E-state index is 0.202. The summed E-state index contributed by atoms with van der Waals surface area (Å²) in [5.74, 6) is -0.974. The lowest BCUT2D eigenvalue weighted by atomic mass is 9.89. The molecule has 2 N–H and O–H groups in total. The number of benzene rings is 1. The van der Waals surface area contributed by atoms with E-state index < -0.39 is 11.4 Å². The third-order valence-electron chi connectivity index (χ3n) is 3.58. The molecule has 0 saturated carbocycles. The first-order valence-electron chi connectivity index (χ1n) is 7.02. The zero-order chi connectivity index (χ0) is 15.2. The normalized spacial score (nSPS) is 13.2. The number of aryl methyl sites for hydroxylation is 1. The van der Waals surface area contributed by atoms with Crippen molar-refractivity contribution in [2.24, 2.45) is 5.41 Å². The Labute approximate surface area is 120 Å². The molecule has 1 aromatic carbocycles. The highest BCUT2D eigenvalue weighted by atomic mass is 19.1. The molecule has 0 aliphatic carbocycles. The van der Waals surface area contributed by atoms with E-state index in [9.17, 15) is 9.18 Å². The van der Waals surface area contributed by atoms with Crippen molar-refractivity contribution < 1.29 is 14.3 Å². The van der Waals surface area contributed by atoms with Crippen molar-refractivity contribution >= 4 is 5.97 Å². The number of carboxylic acid groups (broad SMARTS) is 1. The third kappa shape index (κ3) is 5.70. The van der Waals surface area contributed by atoms with Crippen molar-refractivity contribution in [3.63, 3.8) is 0 Å². The van der Waals surface area contributed by atoms with Crippen LogP contribution in [0, 0.1) is 11.2 Å². The summed E-state index contributed by atoms with van der Waals surface area (Å²) in [7, 11) is 0. The standard InChI is InChI=1S/C16H24FNO2/c1-12(18-10-9-16(2,3)15(19)20)7-8-13-5-4-6-14(17)11-13/h4-6,11-12,18H,7-10H2,1-3H3,(H,19,20). The van der Waals surface area contributed by atoms with Gasteiger partial charge in [-0.25, -0.2) is 4.39 Å². The quantitative estimate of drug-likeness (QED) is 0.769. The predicted molar refractivity (Wildman–Crippen MR) is 78.2 cm³/mol. The fraction of sp³-hybridized carbons (Fsp3) is 0.562. The Morgan fingerprint density at radius 2 is 2.15 bits per heavy atom. The number of carboxylic acids is 1. The van der Waals surface area contributed by atoms with Crippen LogP contribution in [0.1, 0.15) is 39.2 Å². The van der Waals surface area contributed by atoms with Gasteiger partial charge in [-0.05, 0) is 64.3 Å². The monoisotopic (exact) mass is 281 g/mol. The Balaban J connectivity index is 2.27. The molecule has 0 bridgehead atoms. The molecule has 1 rings (SSSR count). The molecule has 1 unspecified atom stereocenters. The average Bonchev–Trinajstić information content (AvgIpc) is 2.36. The van der Waals surface area contributed by atoms with Gasteiger partial charge >= 0.3 is 5.97 Å². The summed E-state index contributed by atoms with van der Waals surface area (Å²) in [5, 5.41) is 12.3. The maximum absolute atomic E-state index is 13.0. The second-order valence-electron chi connectivity index (χ2n) is 5.96. The average molecular weight is 281 g/mol. The molecule has 0 amide bonds. The van der Waals surface area contributed by atoms with Crippen LogP contribution in [0.25, 0.3) is 0 Å². The van der Waals surface area contributed by atoms with Gasteiger partial charge in [0.15, 0.2) is 0 Å². The second kappa shape index (κ2) is 7.39. The minimum atomic E-state index is -0.772. The zero-order valence-electron chi connectivity index (χ0n) is 12.4. The van der Waals surface area contributed by atoms with E-state index in [0.29, 0.717) is 13.0 Å². The fourth-order valence-corrected chi connectivity index (χ4v) is 1.92. The summed E-state index contributed by atoms with van der Waals surface area (Å²) in [5.41, 5.74) is 0.291. The van der Waals surface area contributed by atoms with Gasteiger partial charge in [-0.15, -0.1) is 0 Å². The molecule has 3 nitrogen and oxygen atoms in total. The molecule has 0 saturated heterocycles. The summed E-state index contributed by atoms with van der Waals surface area (Å²) < 4.78 is 13.0. The SMILES string of the molecule is CC(CCc1cccc(F)c1)NCCC(C)(C)C(=O)O. The van der Waals surface area contributed by atoms with Crippen LogP contribution in [0.3, 0.4) is 0 Å². The van der Waals surface area contributed by atoms with E-state index in [4.69, 9.17) is 5.11 Å². The van der Waals surface area contributed by atoms with E-state index in [1.165, 1.54) is 6.07 Å². The van der Waals surface area contributed by atoms with Gasteiger partial charge in [0.05, 0.1) is 5.41 Å². The van der Waals surface area contributed by atoms with Crippen molar-refractivity contribution in [3.8, 4) is 0 Å². The Morgan fingerprint density at radius 1 is 1.45 bits per heavy atom. The van der Waals surface area contributed by atoms with Crippen LogP contribution in [0.4, 0.5) is 4.39 Å². The largest absolute Gasteiger partial charge is 0.481 e. The maximum Gasteiger partial charge on any atom is 0.309 e. The van der Waals surface area contributed by atoms with Crippen molar-refractivity contribution in [1.29, 1.82) is 0 Å². The maximum atomic E-state index is 13.0. The lowest BCUT2D eigenvalue weighted by molar-refractivity contribution is -0.147. The molecule has 0 spiro atoms. The smallest absolute Gasteiger partial charge is 0.309 e. The molecule has 0 aliphatic rings. The summed E-state index contributed by atoms with van der Waals surface area (Å²) in [4.78, 5) is 11.0. The van der Waals surface area contributed by atoms with E-state index in [-0.39, 0.29) is 11.9 Å². The van der Waals surface area contributed by atoms with Gasteiger partial charge in [-0.2, -0.15) is 0 Å². The highest BCUT2D eigenvalue weighted by Crippen LogP contribution is 2.19. The fourth-order valence-electron chi connectivity index (χ4n) is 1.92. The van der Waals surface area contributed by atoms with Crippen LogP contribution in [0.15, 0.2) is 24.3 Å². The lowest BCUT2D eigenvalue weighted by Gasteiger charge is -2.21. The third-order valence-corrected chi connectivity index (χ3v) is 3.58. The molecule has 1 atom stereocenters. The van der Waals surface area contributed by atoms with E-state index in [2.05, 4.69) is 12.2 Å². The van der Waals surface area contributed by atoms with Crippen molar-refractivity contribution in [1.82, 2.24) is 5.32 Å². The molecule has 0 aromatic heterocycles. The molecule has 112 valence electrons. The number of nitrogens with one attached hydrogen (secondary N) is 1. The van der Waals surface area contributed by atoms with Crippen LogP contribution in [0.2, 0.25) is 0 Å². The first-order valence-corrected chi connectivity index (χ1v) is 7.02. The first kappa shape index (κ1) is 16.6. The van der Waals surface area contributed by atoms with Gasteiger partial charge < -0.3 is 10.4 Å². The van der Waals surface area contributed by atoms with Crippen molar-refractivity contribution in [2.75, 3.05) is 6.54 Å². The lowest BCUT2D eigenvalue weighted by Crippen LogP contribution is -2.33. The van der Waals surface area contributed by atoms with Gasteiger partial charge in [0.2, 0.25) is 0 Å². The summed E-state index contributed by atoms with van der Waals surface area (Å²) in [6.45, 7) is 6.19. The number of aliphatic carboxylic acids is 1.